The molecule has 0 aromatic rings. The zero-order valence-corrected chi connectivity index (χ0v) is 40.2. The van der Waals surface area contributed by atoms with Crippen molar-refractivity contribution in [3.63, 3.8) is 0 Å². The number of amides is 1. The van der Waals surface area contributed by atoms with Gasteiger partial charge in [-0.1, -0.05) is 270 Å². The highest BCUT2D eigenvalue weighted by Crippen LogP contribution is 2.18. The van der Waals surface area contributed by atoms with E-state index in [4.69, 9.17) is 0 Å². The molecule has 0 aromatic heterocycles. The van der Waals surface area contributed by atoms with Gasteiger partial charge in [-0.25, -0.2) is 0 Å². The Balaban J connectivity index is 3.54. The number of unbranched alkanes of at least 4 members (excludes halogenated alkanes) is 40. The molecule has 352 valence electrons. The molecule has 0 spiro atoms. The van der Waals surface area contributed by atoms with Crippen LogP contribution in [-0.2, 0) is 4.79 Å². The molecule has 0 bridgehead atoms. The van der Waals surface area contributed by atoms with E-state index in [9.17, 15) is 20.1 Å². The summed E-state index contributed by atoms with van der Waals surface area (Å²) in [6.45, 7) is 4.22. The average molecular weight is 834 g/mol. The van der Waals surface area contributed by atoms with Gasteiger partial charge in [0.15, 0.2) is 0 Å². The van der Waals surface area contributed by atoms with Crippen LogP contribution in [0.3, 0.4) is 0 Å². The summed E-state index contributed by atoms with van der Waals surface area (Å²) in [5, 5.41) is 33.8. The molecular formula is C54H107NO4. The number of nitrogens with one attached hydrogen (secondary N) is 1. The zero-order valence-electron chi connectivity index (χ0n) is 40.2. The third-order valence-corrected chi connectivity index (χ3v) is 12.9. The molecule has 0 aliphatic carbocycles. The Kier molecular flexibility index (Phi) is 49.0. The number of rotatable bonds is 50. The van der Waals surface area contributed by atoms with Gasteiger partial charge in [0.05, 0.1) is 18.8 Å². The highest BCUT2D eigenvalue weighted by Gasteiger charge is 2.26. The van der Waals surface area contributed by atoms with E-state index in [1.807, 2.05) is 0 Å². The topological polar surface area (TPSA) is 89.8 Å². The number of aliphatic hydroxyl groups is 3. The third kappa shape index (κ3) is 44.9. The summed E-state index contributed by atoms with van der Waals surface area (Å²) in [5.41, 5.74) is 0. The number of allylic oxidation sites excluding steroid dienone is 2. The van der Waals surface area contributed by atoms with Crippen LogP contribution in [0.4, 0.5) is 0 Å². The van der Waals surface area contributed by atoms with Crippen molar-refractivity contribution in [3.8, 4) is 0 Å². The molecule has 59 heavy (non-hydrogen) atoms. The SMILES string of the molecule is CCCCCCCCCCCCCC/C=C\CCCCCCCCCCC(=O)NC(CO)C(O)C(O)CCCCCCCCCCCCCCCCCCCCCCC. The molecule has 0 aromatic carbocycles. The van der Waals surface area contributed by atoms with Gasteiger partial charge < -0.3 is 20.6 Å². The van der Waals surface area contributed by atoms with Gasteiger partial charge in [0.1, 0.15) is 6.10 Å². The first-order chi connectivity index (χ1) is 29.1. The minimum Gasteiger partial charge on any atom is -0.394 e. The second-order valence-electron chi connectivity index (χ2n) is 18.8. The number of aliphatic hydroxyl groups excluding tert-OH is 3. The van der Waals surface area contributed by atoms with E-state index < -0.39 is 18.2 Å². The molecule has 0 heterocycles. The van der Waals surface area contributed by atoms with E-state index in [-0.39, 0.29) is 12.5 Å². The van der Waals surface area contributed by atoms with E-state index in [1.165, 1.54) is 244 Å². The molecule has 0 aliphatic heterocycles. The fraction of sp³-hybridized carbons (Fsp3) is 0.944. The van der Waals surface area contributed by atoms with Crippen molar-refractivity contribution in [2.45, 2.75) is 321 Å². The highest BCUT2D eigenvalue weighted by molar-refractivity contribution is 5.76. The molecule has 5 heteroatoms. The van der Waals surface area contributed by atoms with Crippen LogP contribution in [0.25, 0.3) is 0 Å². The minimum atomic E-state index is -1.14. The Hall–Kier alpha value is -0.910. The van der Waals surface area contributed by atoms with E-state index in [1.54, 1.807) is 0 Å². The summed E-state index contributed by atoms with van der Waals surface area (Å²) < 4.78 is 0. The maximum atomic E-state index is 12.5. The Morgan fingerprint density at radius 2 is 0.678 bits per heavy atom. The van der Waals surface area contributed by atoms with Crippen LogP contribution in [0.2, 0.25) is 0 Å². The summed E-state index contributed by atoms with van der Waals surface area (Å²) in [6, 6.07) is -0.809. The molecule has 0 saturated heterocycles. The van der Waals surface area contributed by atoms with Gasteiger partial charge >= 0.3 is 0 Å². The molecular weight excluding hydrogens is 727 g/mol. The molecule has 0 rings (SSSR count). The van der Waals surface area contributed by atoms with E-state index in [2.05, 4.69) is 31.3 Å². The van der Waals surface area contributed by atoms with Crippen LogP contribution < -0.4 is 5.32 Å². The zero-order chi connectivity index (χ0) is 43.0. The summed E-state index contributed by atoms with van der Waals surface area (Å²) in [4.78, 5) is 12.5. The van der Waals surface area contributed by atoms with Crippen LogP contribution >= 0.6 is 0 Å². The van der Waals surface area contributed by atoms with E-state index in [0.717, 1.165) is 32.1 Å². The van der Waals surface area contributed by atoms with Crippen LogP contribution in [0.5, 0.6) is 0 Å². The fourth-order valence-corrected chi connectivity index (χ4v) is 8.69. The number of hydrogen-bond acceptors (Lipinski definition) is 4. The molecule has 3 atom stereocenters. The lowest BCUT2D eigenvalue weighted by Gasteiger charge is -2.26. The summed E-state index contributed by atoms with van der Waals surface area (Å²) >= 11 is 0. The van der Waals surface area contributed by atoms with Crippen LogP contribution in [-0.4, -0.2) is 46.1 Å². The average Bonchev–Trinajstić information content (AvgIpc) is 3.24. The van der Waals surface area contributed by atoms with Gasteiger partial charge in [-0.2, -0.15) is 0 Å². The predicted molar refractivity (Wildman–Crippen MR) is 259 cm³/mol. The quantitative estimate of drug-likeness (QED) is 0.0363. The Morgan fingerprint density at radius 1 is 0.407 bits per heavy atom. The van der Waals surface area contributed by atoms with Crippen LogP contribution in [0, 0.1) is 0 Å². The predicted octanol–water partition coefficient (Wildman–Crippen LogP) is 16.3. The van der Waals surface area contributed by atoms with Crippen LogP contribution in [0.15, 0.2) is 12.2 Å². The number of carbonyl (C=O) groups is 1. The maximum Gasteiger partial charge on any atom is 0.220 e. The molecule has 4 N–H and O–H groups in total. The minimum absolute atomic E-state index is 0.142. The molecule has 5 nitrogen and oxygen atoms in total. The van der Waals surface area contributed by atoms with Crippen molar-refractivity contribution in [1.82, 2.24) is 5.32 Å². The van der Waals surface area contributed by atoms with Gasteiger partial charge in [-0.05, 0) is 38.5 Å². The molecule has 0 saturated carbocycles. The van der Waals surface area contributed by atoms with Gasteiger partial charge in [-0.3, -0.25) is 4.79 Å². The first-order valence-electron chi connectivity index (χ1n) is 27.0. The lowest BCUT2D eigenvalue weighted by atomic mass is 9.99. The molecule has 1 amide bonds. The second-order valence-corrected chi connectivity index (χ2v) is 18.8. The molecule has 0 aliphatic rings. The number of hydrogen-bond donors (Lipinski definition) is 4. The van der Waals surface area contributed by atoms with Gasteiger partial charge in [-0.15, -0.1) is 0 Å². The Bertz CT molecular complexity index is 833. The highest BCUT2D eigenvalue weighted by atomic mass is 16.3. The summed E-state index contributed by atoms with van der Waals surface area (Å²) in [6.07, 6.45) is 60.6. The van der Waals surface area contributed by atoms with Crippen LogP contribution in [0.1, 0.15) is 303 Å². The number of carbonyl (C=O) groups excluding carboxylic acids is 1. The molecule has 0 fully saturated rings. The van der Waals surface area contributed by atoms with Gasteiger partial charge in [0, 0.05) is 6.42 Å². The molecule has 0 radical (unpaired) electrons. The third-order valence-electron chi connectivity index (χ3n) is 12.9. The van der Waals surface area contributed by atoms with Crippen molar-refractivity contribution >= 4 is 5.91 Å². The van der Waals surface area contributed by atoms with Crippen molar-refractivity contribution in [3.05, 3.63) is 12.2 Å². The lowest BCUT2D eigenvalue weighted by Crippen LogP contribution is -2.50. The monoisotopic (exact) mass is 834 g/mol. The molecule has 3 unspecified atom stereocenters. The van der Waals surface area contributed by atoms with Gasteiger partial charge in [0.25, 0.3) is 0 Å². The largest absolute Gasteiger partial charge is 0.394 e. The van der Waals surface area contributed by atoms with Crippen molar-refractivity contribution in [1.29, 1.82) is 0 Å². The first kappa shape index (κ1) is 58.1. The van der Waals surface area contributed by atoms with Crippen molar-refractivity contribution in [2.24, 2.45) is 0 Å². The van der Waals surface area contributed by atoms with Crippen molar-refractivity contribution in [2.75, 3.05) is 6.61 Å². The lowest BCUT2D eigenvalue weighted by molar-refractivity contribution is -0.124. The first-order valence-corrected chi connectivity index (χ1v) is 27.0. The Labute approximate surface area is 369 Å². The summed E-state index contributed by atoms with van der Waals surface area (Å²) in [7, 11) is 0. The summed E-state index contributed by atoms with van der Waals surface area (Å²) in [5.74, 6) is -0.142. The van der Waals surface area contributed by atoms with E-state index >= 15 is 0 Å². The standard InChI is InChI=1S/C54H107NO4/c1-3-5-7-9-11-13-15-17-19-21-23-25-26-27-29-31-33-35-37-39-41-43-45-47-49-53(58)55-51(50-56)54(59)52(57)48-46-44-42-40-38-36-34-32-30-28-24-22-20-18-16-14-12-10-8-6-4-2/h27,29,51-52,54,56-57,59H,3-26,28,30-50H2,1-2H3,(H,55,58)/b29-27-. The normalized spacial score (nSPS) is 13.4. The Morgan fingerprint density at radius 3 is 0.983 bits per heavy atom. The van der Waals surface area contributed by atoms with Crippen molar-refractivity contribution < 1.29 is 20.1 Å². The second kappa shape index (κ2) is 49.7. The maximum absolute atomic E-state index is 12.5. The fourth-order valence-electron chi connectivity index (χ4n) is 8.69. The van der Waals surface area contributed by atoms with E-state index in [0.29, 0.717) is 12.8 Å². The smallest absolute Gasteiger partial charge is 0.220 e. The van der Waals surface area contributed by atoms with Gasteiger partial charge in [0.2, 0.25) is 5.91 Å².